The van der Waals surface area contributed by atoms with Crippen molar-refractivity contribution in [1.82, 2.24) is 4.90 Å². The molecule has 3 nitrogen and oxygen atoms in total. The fraction of sp³-hybridized carbons (Fsp3) is 0.625. The van der Waals surface area contributed by atoms with Crippen LogP contribution in [0.3, 0.4) is 0 Å². The van der Waals surface area contributed by atoms with Crippen LogP contribution in [0.4, 0.5) is 0 Å². The molecule has 0 aromatic rings. The minimum Gasteiger partial charge on any atom is -0.377 e. The Bertz CT molecular complexity index is 200. The number of rotatable bonds is 1. The molecule has 0 bridgehead atoms. The molecule has 0 aromatic heterocycles. The molecule has 0 aliphatic carbocycles. The first kappa shape index (κ1) is 8.11. The maximum Gasteiger partial charge on any atom is 0.226 e. The van der Waals surface area contributed by atoms with Gasteiger partial charge in [0.25, 0.3) is 0 Å². The summed E-state index contributed by atoms with van der Waals surface area (Å²) in [6.45, 7) is 6.71. The number of hydrogen-bond acceptors (Lipinski definition) is 2. The molecule has 62 valence electrons. The van der Waals surface area contributed by atoms with Gasteiger partial charge in [-0.25, -0.2) is 0 Å². The number of primary amides is 1. The Hall–Kier alpha value is -0.990. The topological polar surface area (TPSA) is 46.3 Å². The van der Waals surface area contributed by atoms with E-state index in [0.29, 0.717) is 5.92 Å². The van der Waals surface area contributed by atoms with Crippen molar-refractivity contribution >= 4 is 5.91 Å². The highest BCUT2D eigenvalue weighted by atomic mass is 16.1. The highest BCUT2D eigenvalue weighted by Gasteiger charge is 2.34. The van der Waals surface area contributed by atoms with Crippen molar-refractivity contribution in [1.29, 1.82) is 0 Å². The standard InChI is InChI=1S/C8H14N2O/c1-5-4-10(3)6(2)7(5)8(9)11/h5,7H,2,4H2,1,3H3,(H2,9,11). The molecule has 1 heterocycles. The van der Waals surface area contributed by atoms with Gasteiger partial charge in [0, 0.05) is 19.3 Å². The van der Waals surface area contributed by atoms with E-state index in [0.717, 1.165) is 12.2 Å². The molecule has 3 heteroatoms. The second kappa shape index (κ2) is 2.57. The predicted molar refractivity (Wildman–Crippen MR) is 43.6 cm³/mol. The maximum absolute atomic E-state index is 10.9. The summed E-state index contributed by atoms with van der Waals surface area (Å²) in [6.07, 6.45) is 0. The average molecular weight is 154 g/mol. The van der Waals surface area contributed by atoms with Crippen LogP contribution in [0.15, 0.2) is 12.3 Å². The van der Waals surface area contributed by atoms with Gasteiger partial charge in [-0.1, -0.05) is 13.5 Å². The lowest BCUT2D eigenvalue weighted by Gasteiger charge is -2.12. The number of likely N-dealkylation sites (tertiary alicyclic amines) is 1. The molecule has 0 spiro atoms. The zero-order chi connectivity index (χ0) is 8.59. The van der Waals surface area contributed by atoms with Crippen LogP contribution in [0.2, 0.25) is 0 Å². The minimum atomic E-state index is -0.258. The Morgan fingerprint density at radius 1 is 1.82 bits per heavy atom. The molecule has 1 aliphatic rings. The minimum absolute atomic E-state index is 0.153. The van der Waals surface area contributed by atoms with Crippen LogP contribution < -0.4 is 5.73 Å². The monoisotopic (exact) mass is 154 g/mol. The van der Waals surface area contributed by atoms with Crippen LogP contribution in [0.25, 0.3) is 0 Å². The van der Waals surface area contributed by atoms with Crippen LogP contribution >= 0.6 is 0 Å². The molecule has 1 saturated heterocycles. The molecular formula is C8H14N2O. The van der Waals surface area contributed by atoms with Gasteiger partial charge in [-0.05, 0) is 5.92 Å². The predicted octanol–water partition coefficient (Wildman–Crippen LogP) is 0.183. The number of amides is 1. The molecule has 1 fully saturated rings. The van der Waals surface area contributed by atoms with Gasteiger partial charge in [-0.15, -0.1) is 0 Å². The van der Waals surface area contributed by atoms with Crippen LogP contribution in [0, 0.1) is 11.8 Å². The third-order valence-electron chi connectivity index (χ3n) is 2.29. The lowest BCUT2D eigenvalue weighted by Crippen LogP contribution is -2.26. The van der Waals surface area contributed by atoms with E-state index < -0.39 is 0 Å². The number of nitrogens with zero attached hydrogens (tertiary/aromatic N) is 1. The first-order valence-corrected chi connectivity index (χ1v) is 3.73. The SMILES string of the molecule is C=C1C(C(N)=O)C(C)CN1C. The van der Waals surface area contributed by atoms with Gasteiger partial charge in [-0.3, -0.25) is 4.79 Å². The fourth-order valence-electron chi connectivity index (χ4n) is 1.67. The van der Waals surface area contributed by atoms with Crippen LogP contribution in [0.1, 0.15) is 6.92 Å². The number of hydrogen-bond donors (Lipinski definition) is 1. The van der Waals surface area contributed by atoms with E-state index in [9.17, 15) is 4.79 Å². The van der Waals surface area contributed by atoms with Crippen molar-refractivity contribution in [2.24, 2.45) is 17.6 Å². The van der Waals surface area contributed by atoms with Crippen molar-refractivity contribution in [3.8, 4) is 0 Å². The van der Waals surface area contributed by atoms with E-state index in [1.807, 2.05) is 18.9 Å². The zero-order valence-electron chi connectivity index (χ0n) is 7.00. The lowest BCUT2D eigenvalue weighted by molar-refractivity contribution is -0.121. The van der Waals surface area contributed by atoms with Crippen molar-refractivity contribution in [2.75, 3.05) is 13.6 Å². The molecule has 1 amide bonds. The summed E-state index contributed by atoms with van der Waals surface area (Å²) < 4.78 is 0. The number of carbonyl (C=O) groups is 1. The average Bonchev–Trinajstić information content (AvgIpc) is 2.07. The molecule has 11 heavy (non-hydrogen) atoms. The Morgan fingerprint density at radius 3 is 2.55 bits per heavy atom. The molecule has 2 atom stereocenters. The van der Waals surface area contributed by atoms with Crippen molar-refractivity contribution in [2.45, 2.75) is 6.92 Å². The zero-order valence-corrected chi connectivity index (χ0v) is 7.00. The number of carbonyl (C=O) groups excluding carboxylic acids is 1. The van der Waals surface area contributed by atoms with Gasteiger partial charge in [0.2, 0.25) is 5.91 Å². The quantitative estimate of drug-likeness (QED) is 0.585. The molecule has 0 aromatic carbocycles. The van der Waals surface area contributed by atoms with Gasteiger partial charge < -0.3 is 10.6 Å². The lowest BCUT2D eigenvalue weighted by atomic mass is 9.96. The van der Waals surface area contributed by atoms with E-state index in [1.165, 1.54) is 0 Å². The van der Waals surface area contributed by atoms with E-state index >= 15 is 0 Å². The fourth-order valence-corrected chi connectivity index (χ4v) is 1.67. The normalized spacial score (nSPS) is 31.1. The maximum atomic E-state index is 10.9. The summed E-state index contributed by atoms with van der Waals surface area (Å²) in [4.78, 5) is 12.9. The molecule has 0 radical (unpaired) electrons. The number of nitrogens with two attached hydrogens (primary N) is 1. The summed E-state index contributed by atoms with van der Waals surface area (Å²) in [5, 5.41) is 0. The van der Waals surface area contributed by atoms with Crippen LogP contribution in [0.5, 0.6) is 0 Å². The summed E-state index contributed by atoms with van der Waals surface area (Å²) in [5.41, 5.74) is 6.07. The Kier molecular flexibility index (Phi) is 1.89. The van der Waals surface area contributed by atoms with Crippen LogP contribution in [-0.2, 0) is 4.79 Å². The Balaban J connectivity index is 2.80. The smallest absolute Gasteiger partial charge is 0.226 e. The van der Waals surface area contributed by atoms with Gasteiger partial charge in [-0.2, -0.15) is 0 Å². The summed E-state index contributed by atoms with van der Waals surface area (Å²) in [6, 6.07) is 0. The third kappa shape index (κ3) is 1.23. The van der Waals surface area contributed by atoms with Crippen molar-refractivity contribution in [3.05, 3.63) is 12.3 Å². The van der Waals surface area contributed by atoms with E-state index in [4.69, 9.17) is 5.73 Å². The molecule has 1 rings (SSSR count). The molecule has 1 aliphatic heterocycles. The molecule has 2 N–H and O–H groups in total. The Morgan fingerprint density at radius 2 is 2.36 bits per heavy atom. The first-order chi connectivity index (χ1) is 5.04. The molecular weight excluding hydrogens is 140 g/mol. The van der Waals surface area contributed by atoms with Crippen molar-refractivity contribution in [3.63, 3.8) is 0 Å². The summed E-state index contributed by atoms with van der Waals surface area (Å²) in [7, 11) is 1.93. The highest BCUT2D eigenvalue weighted by Crippen LogP contribution is 2.29. The van der Waals surface area contributed by atoms with E-state index in [2.05, 4.69) is 6.58 Å². The van der Waals surface area contributed by atoms with E-state index in [1.54, 1.807) is 0 Å². The third-order valence-corrected chi connectivity index (χ3v) is 2.29. The largest absolute Gasteiger partial charge is 0.377 e. The second-order valence-electron chi connectivity index (χ2n) is 3.23. The highest BCUT2D eigenvalue weighted by molar-refractivity contribution is 5.80. The van der Waals surface area contributed by atoms with Gasteiger partial charge in [0.05, 0.1) is 5.92 Å². The van der Waals surface area contributed by atoms with Crippen molar-refractivity contribution < 1.29 is 4.79 Å². The van der Waals surface area contributed by atoms with E-state index in [-0.39, 0.29) is 11.8 Å². The summed E-state index contributed by atoms with van der Waals surface area (Å²) in [5.74, 6) is -0.100. The first-order valence-electron chi connectivity index (χ1n) is 3.73. The van der Waals surface area contributed by atoms with Gasteiger partial charge in [0.15, 0.2) is 0 Å². The second-order valence-corrected chi connectivity index (χ2v) is 3.23. The summed E-state index contributed by atoms with van der Waals surface area (Å²) >= 11 is 0. The van der Waals surface area contributed by atoms with Crippen LogP contribution in [-0.4, -0.2) is 24.4 Å². The molecule has 2 unspecified atom stereocenters. The molecule has 0 saturated carbocycles. The van der Waals surface area contributed by atoms with Gasteiger partial charge in [0.1, 0.15) is 0 Å². The van der Waals surface area contributed by atoms with Gasteiger partial charge >= 0.3 is 0 Å². The Labute approximate surface area is 66.9 Å².